The van der Waals surface area contributed by atoms with Gasteiger partial charge in [-0.05, 0) is 61.9 Å². The normalized spacial score (nSPS) is 9.32. The first-order valence-electron chi connectivity index (χ1n) is 8.11. The maximum absolute atomic E-state index is 8.34. The van der Waals surface area contributed by atoms with Gasteiger partial charge in [0.15, 0.2) is 0 Å². The van der Waals surface area contributed by atoms with E-state index in [4.69, 9.17) is 21.5 Å². The highest BCUT2D eigenvalue weighted by Crippen LogP contribution is 2.20. The van der Waals surface area contributed by atoms with Gasteiger partial charge in [0.05, 0.1) is 24.4 Å². The first-order chi connectivity index (χ1) is 12.0. The number of hydrogen-bond donors (Lipinski definition) is 2. The molecule has 0 bridgehead atoms. The molecule has 0 spiro atoms. The molecule has 0 heterocycles. The Labute approximate surface area is 150 Å². The smallest absolute Gasteiger partial charge is 0.105 e. The van der Waals surface area contributed by atoms with Crippen molar-refractivity contribution >= 4 is 17.1 Å². The van der Waals surface area contributed by atoms with Crippen molar-refractivity contribution in [3.05, 3.63) is 66.4 Å². The molecule has 0 atom stereocenters. The van der Waals surface area contributed by atoms with Crippen LogP contribution in [0.5, 0.6) is 0 Å². The summed E-state index contributed by atoms with van der Waals surface area (Å²) in [7, 11) is 0. The van der Waals surface area contributed by atoms with Crippen LogP contribution in [-0.2, 0) is 4.74 Å². The number of benzene rings is 2. The molecular weight excluding hydrogens is 312 g/mol. The lowest BCUT2D eigenvalue weighted by Gasteiger charge is -2.23. The lowest BCUT2D eigenvalue weighted by atomic mass is 10.1. The monoisotopic (exact) mass is 338 g/mol. The van der Waals surface area contributed by atoms with Crippen LogP contribution in [0.15, 0.2) is 55.3 Å². The number of nitrogens with two attached hydrogens (primary N) is 2. The standard InChI is InChI=1S/C13H20N2O.C7H6N2/c1-4-15(8-9-16-5-2)12-6-7-13(14)11(3)10-12;8-5-6-1-3-7(9)4-2-6/h5-7,10H,2,4,8-9,14H2,1,3H3;1-4H,9H2. The van der Waals surface area contributed by atoms with Gasteiger partial charge in [-0.1, -0.05) is 6.58 Å². The Bertz CT molecular complexity index is 705. The molecule has 0 unspecified atom stereocenters. The minimum atomic E-state index is 0.643. The second-order valence-electron chi connectivity index (χ2n) is 5.39. The fraction of sp³-hybridized carbons (Fsp3) is 0.250. The molecule has 0 radical (unpaired) electrons. The highest BCUT2D eigenvalue weighted by atomic mass is 16.5. The molecule has 2 rings (SSSR count). The van der Waals surface area contributed by atoms with E-state index in [1.165, 1.54) is 11.9 Å². The molecule has 0 saturated carbocycles. The fourth-order valence-electron chi connectivity index (χ4n) is 2.13. The largest absolute Gasteiger partial charge is 0.500 e. The summed E-state index contributed by atoms with van der Waals surface area (Å²) in [5.74, 6) is 0. The summed E-state index contributed by atoms with van der Waals surface area (Å²) in [6.45, 7) is 10.1. The topological polar surface area (TPSA) is 88.3 Å². The summed E-state index contributed by atoms with van der Waals surface area (Å²) in [5, 5.41) is 8.34. The Morgan fingerprint density at radius 1 is 1.20 bits per heavy atom. The summed E-state index contributed by atoms with van der Waals surface area (Å²) in [6.07, 6.45) is 1.47. The molecule has 0 aliphatic rings. The van der Waals surface area contributed by atoms with Crippen LogP contribution in [0.25, 0.3) is 0 Å². The van der Waals surface area contributed by atoms with Gasteiger partial charge in [0, 0.05) is 23.6 Å². The van der Waals surface area contributed by atoms with E-state index in [9.17, 15) is 0 Å². The zero-order chi connectivity index (χ0) is 18.7. The van der Waals surface area contributed by atoms with Crippen LogP contribution in [0.3, 0.4) is 0 Å². The Morgan fingerprint density at radius 3 is 2.40 bits per heavy atom. The number of nitrogens with zero attached hydrogens (tertiary/aromatic N) is 2. The molecule has 0 amide bonds. The van der Waals surface area contributed by atoms with Crippen molar-refractivity contribution in [3.63, 3.8) is 0 Å². The number of nitriles is 1. The Balaban J connectivity index is 0.000000293. The highest BCUT2D eigenvalue weighted by Gasteiger charge is 2.05. The Morgan fingerprint density at radius 2 is 1.88 bits per heavy atom. The van der Waals surface area contributed by atoms with Crippen molar-refractivity contribution in [2.45, 2.75) is 13.8 Å². The molecule has 0 aliphatic heterocycles. The number of aryl methyl sites for hydroxylation is 1. The van der Waals surface area contributed by atoms with Crippen LogP contribution in [0, 0.1) is 18.3 Å². The third-order valence-corrected chi connectivity index (χ3v) is 3.64. The number of ether oxygens (including phenoxy) is 1. The number of nitrogen functional groups attached to an aromatic ring is 2. The average molecular weight is 338 g/mol. The Hall–Kier alpha value is -3.13. The molecule has 0 aliphatic carbocycles. The molecular formula is C20H26N4O. The molecule has 0 aromatic heterocycles. The van der Waals surface area contributed by atoms with Gasteiger partial charge < -0.3 is 21.1 Å². The third-order valence-electron chi connectivity index (χ3n) is 3.64. The molecule has 0 saturated heterocycles. The molecule has 2 aromatic carbocycles. The molecule has 4 N–H and O–H groups in total. The SMILES string of the molecule is C=COCCN(CC)c1ccc(N)c(C)c1.N#Cc1ccc(N)cc1. The van der Waals surface area contributed by atoms with Crippen molar-refractivity contribution in [3.8, 4) is 6.07 Å². The van der Waals surface area contributed by atoms with Gasteiger partial charge >= 0.3 is 0 Å². The number of rotatable bonds is 6. The first-order valence-corrected chi connectivity index (χ1v) is 8.11. The first kappa shape index (κ1) is 19.9. The molecule has 132 valence electrons. The summed E-state index contributed by atoms with van der Waals surface area (Å²) in [6, 6.07) is 14.9. The Kier molecular flexibility index (Phi) is 8.45. The van der Waals surface area contributed by atoms with E-state index in [1.807, 2.05) is 25.1 Å². The predicted octanol–water partition coefficient (Wildman–Crippen LogP) is 3.70. The van der Waals surface area contributed by atoms with E-state index in [0.717, 1.165) is 24.3 Å². The van der Waals surface area contributed by atoms with Gasteiger partial charge in [0.25, 0.3) is 0 Å². The lowest BCUT2D eigenvalue weighted by molar-refractivity contribution is 0.258. The minimum Gasteiger partial charge on any atom is -0.500 e. The van der Waals surface area contributed by atoms with Gasteiger partial charge in [-0.15, -0.1) is 0 Å². The zero-order valence-electron chi connectivity index (χ0n) is 14.9. The molecule has 5 nitrogen and oxygen atoms in total. The summed E-state index contributed by atoms with van der Waals surface area (Å²) < 4.78 is 5.14. The van der Waals surface area contributed by atoms with Crippen molar-refractivity contribution in [1.29, 1.82) is 5.26 Å². The second-order valence-corrected chi connectivity index (χ2v) is 5.39. The van der Waals surface area contributed by atoms with Crippen LogP contribution in [0.1, 0.15) is 18.1 Å². The van der Waals surface area contributed by atoms with Crippen LogP contribution < -0.4 is 16.4 Å². The number of anilines is 3. The van der Waals surface area contributed by atoms with Gasteiger partial charge in [-0.25, -0.2) is 0 Å². The molecule has 5 heteroatoms. The van der Waals surface area contributed by atoms with Crippen LogP contribution in [0.4, 0.5) is 17.1 Å². The van der Waals surface area contributed by atoms with Gasteiger partial charge in [0.2, 0.25) is 0 Å². The van der Waals surface area contributed by atoms with Gasteiger partial charge in [-0.2, -0.15) is 5.26 Å². The predicted molar refractivity (Wildman–Crippen MR) is 105 cm³/mol. The van der Waals surface area contributed by atoms with E-state index in [0.29, 0.717) is 17.9 Å². The van der Waals surface area contributed by atoms with E-state index >= 15 is 0 Å². The molecule has 25 heavy (non-hydrogen) atoms. The quantitative estimate of drug-likeness (QED) is 0.476. The summed E-state index contributed by atoms with van der Waals surface area (Å²) in [5.41, 5.74) is 15.6. The van der Waals surface area contributed by atoms with E-state index in [-0.39, 0.29) is 0 Å². The van der Waals surface area contributed by atoms with Crippen molar-refractivity contribution in [2.24, 2.45) is 0 Å². The molecule has 0 fully saturated rings. The zero-order valence-corrected chi connectivity index (χ0v) is 14.9. The van der Waals surface area contributed by atoms with E-state index in [2.05, 4.69) is 24.5 Å². The summed E-state index contributed by atoms with van der Waals surface area (Å²) >= 11 is 0. The maximum Gasteiger partial charge on any atom is 0.105 e. The third kappa shape index (κ3) is 6.88. The number of likely N-dealkylation sites (N-methyl/N-ethyl adjacent to an activating group) is 1. The fourth-order valence-corrected chi connectivity index (χ4v) is 2.13. The maximum atomic E-state index is 8.34. The van der Waals surface area contributed by atoms with Crippen molar-refractivity contribution in [1.82, 2.24) is 0 Å². The molecule has 2 aromatic rings. The average Bonchev–Trinajstić information content (AvgIpc) is 2.63. The van der Waals surface area contributed by atoms with E-state index < -0.39 is 0 Å². The minimum absolute atomic E-state index is 0.643. The van der Waals surface area contributed by atoms with Crippen molar-refractivity contribution in [2.75, 3.05) is 36.1 Å². The van der Waals surface area contributed by atoms with Crippen LogP contribution >= 0.6 is 0 Å². The van der Waals surface area contributed by atoms with Crippen LogP contribution in [-0.4, -0.2) is 19.7 Å². The van der Waals surface area contributed by atoms with E-state index in [1.54, 1.807) is 24.3 Å². The van der Waals surface area contributed by atoms with Gasteiger partial charge in [-0.3, -0.25) is 0 Å². The summed E-state index contributed by atoms with van der Waals surface area (Å²) in [4.78, 5) is 2.25. The lowest BCUT2D eigenvalue weighted by Crippen LogP contribution is -2.26. The van der Waals surface area contributed by atoms with Gasteiger partial charge in [0.1, 0.15) is 6.61 Å². The van der Waals surface area contributed by atoms with Crippen molar-refractivity contribution < 1.29 is 4.74 Å². The van der Waals surface area contributed by atoms with Crippen LogP contribution in [0.2, 0.25) is 0 Å². The highest BCUT2D eigenvalue weighted by molar-refractivity contribution is 5.58. The second kappa shape index (κ2) is 10.6. The number of hydrogen-bond acceptors (Lipinski definition) is 5.